The molecule has 0 unspecified atom stereocenters. The minimum absolute atomic E-state index is 0.0939. The predicted molar refractivity (Wildman–Crippen MR) is 83.6 cm³/mol. The summed E-state index contributed by atoms with van der Waals surface area (Å²) in [5.74, 6) is -0.0939. The quantitative estimate of drug-likeness (QED) is 0.817. The summed E-state index contributed by atoms with van der Waals surface area (Å²) in [5.41, 5.74) is 1.80. The first kappa shape index (κ1) is 14.9. The van der Waals surface area contributed by atoms with Gasteiger partial charge in [0.1, 0.15) is 0 Å². The molecular weight excluding hydrogens is 293 g/mol. The van der Waals surface area contributed by atoms with Gasteiger partial charge in [-0.2, -0.15) is 0 Å². The molecule has 1 amide bonds. The second kappa shape index (κ2) is 7.32. The summed E-state index contributed by atoms with van der Waals surface area (Å²) in [4.78, 5) is 11.9. The maximum atomic E-state index is 11.9. The van der Waals surface area contributed by atoms with Crippen molar-refractivity contribution in [3.05, 3.63) is 69.7 Å². The lowest BCUT2D eigenvalue weighted by molar-refractivity contribution is 0.0953. The van der Waals surface area contributed by atoms with Crippen LogP contribution < -0.4 is 5.32 Å². The Morgan fingerprint density at radius 1 is 1.00 bits per heavy atom. The molecule has 1 N–H and O–H groups in total. The van der Waals surface area contributed by atoms with E-state index in [1.807, 2.05) is 24.3 Å². The molecule has 0 saturated heterocycles. The van der Waals surface area contributed by atoms with E-state index >= 15 is 0 Å². The van der Waals surface area contributed by atoms with Crippen molar-refractivity contribution in [3.8, 4) is 0 Å². The topological polar surface area (TPSA) is 29.1 Å². The van der Waals surface area contributed by atoms with E-state index in [9.17, 15) is 4.79 Å². The minimum Gasteiger partial charge on any atom is -0.352 e. The number of benzene rings is 2. The normalized spacial score (nSPS) is 10.3. The number of rotatable bonds is 5. The molecular formula is C16H15Cl2NO. The van der Waals surface area contributed by atoms with Gasteiger partial charge < -0.3 is 5.32 Å². The fraction of sp³-hybridized carbons (Fsp3) is 0.188. The number of hydrogen-bond acceptors (Lipinski definition) is 1. The third-order valence-electron chi connectivity index (χ3n) is 2.93. The van der Waals surface area contributed by atoms with Crippen molar-refractivity contribution < 1.29 is 4.79 Å². The van der Waals surface area contributed by atoms with Gasteiger partial charge in [0.15, 0.2) is 0 Å². The molecule has 4 heteroatoms. The van der Waals surface area contributed by atoms with E-state index in [4.69, 9.17) is 23.2 Å². The van der Waals surface area contributed by atoms with Gasteiger partial charge in [0.25, 0.3) is 5.91 Å². The Bertz CT molecular complexity index is 581. The molecule has 0 bridgehead atoms. The van der Waals surface area contributed by atoms with Crippen molar-refractivity contribution >= 4 is 29.1 Å². The lowest BCUT2D eigenvalue weighted by atomic mass is 10.1. The second-order valence-corrected chi connectivity index (χ2v) is 5.37. The molecule has 0 aliphatic heterocycles. The van der Waals surface area contributed by atoms with Crippen LogP contribution in [0.4, 0.5) is 0 Å². The molecule has 2 aromatic carbocycles. The average Bonchev–Trinajstić information content (AvgIpc) is 2.45. The summed E-state index contributed by atoms with van der Waals surface area (Å²) in [6.45, 7) is 0.633. The zero-order valence-electron chi connectivity index (χ0n) is 10.9. The van der Waals surface area contributed by atoms with Crippen LogP contribution >= 0.6 is 23.2 Å². The van der Waals surface area contributed by atoms with Crippen LogP contribution in [0.25, 0.3) is 0 Å². The van der Waals surface area contributed by atoms with E-state index in [1.165, 1.54) is 5.56 Å². The summed E-state index contributed by atoms with van der Waals surface area (Å²) in [6, 6.07) is 14.7. The van der Waals surface area contributed by atoms with Crippen molar-refractivity contribution in [3.63, 3.8) is 0 Å². The van der Waals surface area contributed by atoms with Gasteiger partial charge in [-0.15, -0.1) is 0 Å². The highest BCUT2D eigenvalue weighted by atomic mass is 35.5. The SMILES string of the molecule is O=C(NCCCc1ccc(Cl)cc1)c1cccc(Cl)c1. The van der Waals surface area contributed by atoms with Gasteiger partial charge in [-0.05, 0) is 48.7 Å². The number of amides is 1. The Morgan fingerprint density at radius 3 is 2.45 bits per heavy atom. The summed E-state index contributed by atoms with van der Waals surface area (Å²) in [6.07, 6.45) is 1.79. The van der Waals surface area contributed by atoms with E-state index < -0.39 is 0 Å². The predicted octanol–water partition coefficient (Wildman–Crippen LogP) is 4.36. The smallest absolute Gasteiger partial charge is 0.251 e. The molecule has 2 aromatic rings. The minimum atomic E-state index is -0.0939. The maximum absolute atomic E-state index is 11.9. The number of carbonyl (C=O) groups excluding carboxylic acids is 1. The summed E-state index contributed by atoms with van der Waals surface area (Å²) >= 11 is 11.7. The lowest BCUT2D eigenvalue weighted by Gasteiger charge is -2.06. The van der Waals surface area contributed by atoms with Crippen molar-refractivity contribution in [2.75, 3.05) is 6.54 Å². The molecule has 0 spiro atoms. The van der Waals surface area contributed by atoms with Crippen LogP contribution in [-0.4, -0.2) is 12.5 Å². The van der Waals surface area contributed by atoms with E-state index in [1.54, 1.807) is 24.3 Å². The largest absolute Gasteiger partial charge is 0.352 e. The van der Waals surface area contributed by atoms with Gasteiger partial charge in [0.05, 0.1) is 0 Å². The molecule has 2 rings (SSSR count). The van der Waals surface area contributed by atoms with Crippen molar-refractivity contribution in [2.45, 2.75) is 12.8 Å². The average molecular weight is 308 g/mol. The number of carbonyl (C=O) groups is 1. The summed E-state index contributed by atoms with van der Waals surface area (Å²) < 4.78 is 0. The molecule has 0 radical (unpaired) electrons. The van der Waals surface area contributed by atoms with E-state index in [0.29, 0.717) is 17.1 Å². The van der Waals surface area contributed by atoms with E-state index in [-0.39, 0.29) is 5.91 Å². The number of nitrogens with one attached hydrogen (secondary N) is 1. The highest BCUT2D eigenvalue weighted by Gasteiger charge is 2.04. The van der Waals surface area contributed by atoms with Crippen LogP contribution in [0.5, 0.6) is 0 Å². The summed E-state index contributed by atoms with van der Waals surface area (Å²) in [7, 11) is 0. The molecule has 0 saturated carbocycles. The molecule has 0 heterocycles. The first-order valence-electron chi connectivity index (χ1n) is 6.43. The Balaban J connectivity index is 1.76. The first-order chi connectivity index (χ1) is 9.65. The van der Waals surface area contributed by atoms with E-state index in [0.717, 1.165) is 17.9 Å². The molecule has 0 aliphatic carbocycles. The lowest BCUT2D eigenvalue weighted by Crippen LogP contribution is -2.24. The summed E-state index contributed by atoms with van der Waals surface area (Å²) in [5, 5.41) is 4.19. The number of halogens is 2. The highest BCUT2D eigenvalue weighted by molar-refractivity contribution is 6.31. The molecule has 2 nitrogen and oxygen atoms in total. The standard InChI is InChI=1S/C16H15Cl2NO/c17-14-8-6-12(7-9-14)3-2-10-19-16(20)13-4-1-5-15(18)11-13/h1,4-9,11H,2-3,10H2,(H,19,20). The Labute approximate surface area is 128 Å². The van der Waals surface area contributed by atoms with Crippen molar-refractivity contribution in [2.24, 2.45) is 0 Å². The maximum Gasteiger partial charge on any atom is 0.251 e. The van der Waals surface area contributed by atoms with Crippen LogP contribution in [0.15, 0.2) is 48.5 Å². The molecule has 0 atom stereocenters. The van der Waals surface area contributed by atoms with Crippen LogP contribution in [0.2, 0.25) is 10.0 Å². The van der Waals surface area contributed by atoms with Crippen molar-refractivity contribution in [1.82, 2.24) is 5.32 Å². The molecule has 0 aromatic heterocycles. The van der Waals surface area contributed by atoms with Gasteiger partial charge in [0, 0.05) is 22.2 Å². The van der Waals surface area contributed by atoms with Crippen LogP contribution in [-0.2, 0) is 6.42 Å². The monoisotopic (exact) mass is 307 g/mol. The third-order valence-corrected chi connectivity index (χ3v) is 3.41. The highest BCUT2D eigenvalue weighted by Crippen LogP contribution is 2.11. The van der Waals surface area contributed by atoms with Crippen LogP contribution in [0.1, 0.15) is 22.3 Å². The van der Waals surface area contributed by atoms with Gasteiger partial charge in [-0.25, -0.2) is 0 Å². The van der Waals surface area contributed by atoms with Gasteiger partial charge in [-0.3, -0.25) is 4.79 Å². The zero-order chi connectivity index (χ0) is 14.4. The molecule has 0 fully saturated rings. The Morgan fingerprint density at radius 2 is 1.75 bits per heavy atom. The number of aryl methyl sites for hydroxylation is 1. The van der Waals surface area contributed by atoms with Crippen LogP contribution in [0.3, 0.4) is 0 Å². The molecule has 0 aliphatic rings. The van der Waals surface area contributed by atoms with E-state index in [2.05, 4.69) is 5.32 Å². The fourth-order valence-corrected chi connectivity index (χ4v) is 2.19. The zero-order valence-corrected chi connectivity index (χ0v) is 12.4. The van der Waals surface area contributed by atoms with Crippen LogP contribution in [0, 0.1) is 0 Å². The first-order valence-corrected chi connectivity index (χ1v) is 7.19. The van der Waals surface area contributed by atoms with Gasteiger partial charge >= 0.3 is 0 Å². The Kier molecular flexibility index (Phi) is 5.45. The fourth-order valence-electron chi connectivity index (χ4n) is 1.88. The number of hydrogen-bond donors (Lipinski definition) is 1. The van der Waals surface area contributed by atoms with Crippen molar-refractivity contribution in [1.29, 1.82) is 0 Å². The van der Waals surface area contributed by atoms with Gasteiger partial charge in [-0.1, -0.05) is 41.4 Å². The molecule has 20 heavy (non-hydrogen) atoms. The third kappa shape index (κ3) is 4.55. The van der Waals surface area contributed by atoms with Gasteiger partial charge in [0.2, 0.25) is 0 Å². The molecule has 104 valence electrons. The second-order valence-electron chi connectivity index (χ2n) is 4.50. The Hall–Kier alpha value is -1.51.